The highest BCUT2D eigenvalue weighted by molar-refractivity contribution is 5.78. The molecule has 25 heavy (non-hydrogen) atoms. The second-order valence-corrected chi connectivity index (χ2v) is 5.76. The van der Waals surface area contributed by atoms with Gasteiger partial charge in [-0.2, -0.15) is 0 Å². The van der Waals surface area contributed by atoms with Gasteiger partial charge in [0.25, 0.3) is 5.91 Å². The fraction of sp³-hybridized carbons (Fsp3) is 0.316. The van der Waals surface area contributed by atoms with Crippen molar-refractivity contribution in [1.29, 1.82) is 0 Å². The first-order valence-corrected chi connectivity index (χ1v) is 8.22. The van der Waals surface area contributed by atoms with Gasteiger partial charge in [-0.1, -0.05) is 24.3 Å². The molecule has 0 radical (unpaired) electrons. The van der Waals surface area contributed by atoms with Crippen molar-refractivity contribution in [2.75, 3.05) is 44.8 Å². The van der Waals surface area contributed by atoms with Gasteiger partial charge in [-0.15, -0.1) is 0 Å². The van der Waals surface area contributed by atoms with Crippen LogP contribution in [0.25, 0.3) is 0 Å². The van der Waals surface area contributed by atoms with Crippen LogP contribution in [0.3, 0.4) is 0 Å². The van der Waals surface area contributed by atoms with Crippen LogP contribution in [0.2, 0.25) is 0 Å². The van der Waals surface area contributed by atoms with E-state index in [9.17, 15) is 9.18 Å². The Hall–Kier alpha value is -2.76. The van der Waals surface area contributed by atoms with Gasteiger partial charge >= 0.3 is 0 Å². The molecule has 0 bridgehead atoms. The monoisotopic (exact) mass is 344 g/mol. The van der Waals surface area contributed by atoms with Crippen LogP contribution in [0.5, 0.6) is 11.5 Å². The number of halogens is 1. The van der Waals surface area contributed by atoms with Gasteiger partial charge in [-0.25, -0.2) is 4.39 Å². The zero-order valence-corrected chi connectivity index (χ0v) is 14.2. The third-order valence-electron chi connectivity index (χ3n) is 4.25. The number of para-hydroxylation sites is 3. The van der Waals surface area contributed by atoms with E-state index in [4.69, 9.17) is 9.47 Å². The van der Waals surface area contributed by atoms with Gasteiger partial charge in [-0.3, -0.25) is 4.79 Å². The van der Waals surface area contributed by atoms with E-state index in [-0.39, 0.29) is 18.3 Å². The average Bonchev–Trinajstić information content (AvgIpc) is 2.67. The topological polar surface area (TPSA) is 42.0 Å². The van der Waals surface area contributed by atoms with E-state index in [2.05, 4.69) is 0 Å². The normalized spacial score (nSPS) is 14.3. The maximum atomic E-state index is 13.9. The summed E-state index contributed by atoms with van der Waals surface area (Å²) in [6.07, 6.45) is 0. The second kappa shape index (κ2) is 7.88. The fourth-order valence-corrected chi connectivity index (χ4v) is 2.87. The van der Waals surface area contributed by atoms with Crippen LogP contribution in [-0.4, -0.2) is 50.7 Å². The molecule has 0 spiro atoms. The minimum atomic E-state index is -0.234. The standard InChI is InChI=1S/C19H21FN2O3/c1-24-17-8-4-5-9-18(17)25-14-19(23)22-12-10-21(11-13-22)16-7-3-2-6-15(16)20/h2-9H,10-14H2,1H3. The molecule has 0 N–H and O–H groups in total. The number of anilines is 1. The largest absolute Gasteiger partial charge is 0.493 e. The van der Waals surface area contributed by atoms with E-state index in [1.807, 2.05) is 23.1 Å². The van der Waals surface area contributed by atoms with Gasteiger partial charge in [0.1, 0.15) is 5.82 Å². The Morgan fingerprint density at radius 3 is 2.32 bits per heavy atom. The zero-order valence-electron chi connectivity index (χ0n) is 14.2. The molecule has 1 aliphatic heterocycles. The number of hydrogen-bond donors (Lipinski definition) is 0. The maximum absolute atomic E-state index is 13.9. The highest BCUT2D eigenvalue weighted by atomic mass is 19.1. The van der Waals surface area contributed by atoms with Crippen LogP contribution in [-0.2, 0) is 4.79 Å². The Morgan fingerprint density at radius 2 is 1.64 bits per heavy atom. The summed E-state index contributed by atoms with van der Waals surface area (Å²) in [7, 11) is 1.56. The van der Waals surface area contributed by atoms with E-state index < -0.39 is 0 Å². The van der Waals surface area contributed by atoms with E-state index in [1.54, 1.807) is 36.3 Å². The van der Waals surface area contributed by atoms with Crippen molar-refractivity contribution in [1.82, 2.24) is 4.90 Å². The Morgan fingerprint density at radius 1 is 1.00 bits per heavy atom. The van der Waals surface area contributed by atoms with Crippen LogP contribution >= 0.6 is 0 Å². The molecule has 0 aromatic heterocycles. The van der Waals surface area contributed by atoms with E-state index >= 15 is 0 Å². The summed E-state index contributed by atoms with van der Waals surface area (Å²) in [5, 5.41) is 0. The number of hydrogen-bond acceptors (Lipinski definition) is 4. The summed E-state index contributed by atoms with van der Waals surface area (Å²) >= 11 is 0. The molecule has 1 fully saturated rings. The molecular formula is C19H21FN2O3. The fourth-order valence-electron chi connectivity index (χ4n) is 2.87. The number of amides is 1. The summed E-state index contributed by atoms with van der Waals surface area (Å²) in [5.74, 6) is 0.823. The highest BCUT2D eigenvalue weighted by Crippen LogP contribution is 2.26. The molecule has 5 nitrogen and oxygen atoms in total. The smallest absolute Gasteiger partial charge is 0.260 e. The van der Waals surface area contributed by atoms with E-state index in [0.717, 1.165) is 0 Å². The van der Waals surface area contributed by atoms with Crippen molar-refractivity contribution >= 4 is 11.6 Å². The molecule has 132 valence electrons. The molecule has 6 heteroatoms. The van der Waals surface area contributed by atoms with Gasteiger partial charge in [-0.05, 0) is 24.3 Å². The Labute approximate surface area is 146 Å². The van der Waals surface area contributed by atoms with Crippen LogP contribution in [0.4, 0.5) is 10.1 Å². The quantitative estimate of drug-likeness (QED) is 0.836. The van der Waals surface area contributed by atoms with Crippen molar-refractivity contribution in [3.8, 4) is 11.5 Å². The number of benzene rings is 2. The molecular weight excluding hydrogens is 323 g/mol. The first-order chi connectivity index (χ1) is 12.2. The van der Waals surface area contributed by atoms with Gasteiger partial charge in [0.2, 0.25) is 0 Å². The lowest BCUT2D eigenvalue weighted by atomic mass is 10.2. The van der Waals surface area contributed by atoms with Crippen LogP contribution in [0.1, 0.15) is 0 Å². The Kier molecular flexibility index (Phi) is 5.38. The lowest BCUT2D eigenvalue weighted by Gasteiger charge is -2.36. The molecule has 1 heterocycles. The Balaban J connectivity index is 1.53. The van der Waals surface area contributed by atoms with Gasteiger partial charge in [0.15, 0.2) is 18.1 Å². The lowest BCUT2D eigenvalue weighted by molar-refractivity contribution is -0.133. The number of carbonyl (C=O) groups excluding carboxylic acids is 1. The third kappa shape index (κ3) is 4.02. The van der Waals surface area contributed by atoms with Crippen LogP contribution in [0.15, 0.2) is 48.5 Å². The van der Waals surface area contributed by atoms with Crippen molar-refractivity contribution in [2.24, 2.45) is 0 Å². The van der Waals surface area contributed by atoms with Gasteiger partial charge in [0, 0.05) is 26.2 Å². The van der Waals surface area contributed by atoms with Crippen LogP contribution < -0.4 is 14.4 Å². The minimum Gasteiger partial charge on any atom is -0.493 e. The first-order valence-electron chi connectivity index (χ1n) is 8.22. The number of carbonyl (C=O) groups is 1. The van der Waals surface area contributed by atoms with E-state index in [1.165, 1.54) is 6.07 Å². The predicted molar refractivity (Wildman–Crippen MR) is 93.7 cm³/mol. The summed E-state index contributed by atoms with van der Waals surface area (Å²) in [6, 6.07) is 13.9. The molecule has 3 rings (SSSR count). The number of ether oxygens (including phenoxy) is 2. The van der Waals surface area contributed by atoms with Crippen molar-refractivity contribution in [2.45, 2.75) is 0 Å². The molecule has 0 unspecified atom stereocenters. The Bertz CT molecular complexity index is 730. The molecule has 1 amide bonds. The number of rotatable bonds is 5. The molecule has 2 aromatic carbocycles. The highest BCUT2D eigenvalue weighted by Gasteiger charge is 2.23. The second-order valence-electron chi connectivity index (χ2n) is 5.76. The predicted octanol–water partition coefficient (Wildman–Crippen LogP) is 2.56. The summed E-state index contributed by atoms with van der Waals surface area (Å²) in [6.45, 7) is 2.24. The SMILES string of the molecule is COc1ccccc1OCC(=O)N1CCN(c2ccccc2F)CC1. The molecule has 0 atom stereocenters. The maximum Gasteiger partial charge on any atom is 0.260 e. The van der Waals surface area contributed by atoms with Crippen molar-refractivity contribution in [3.63, 3.8) is 0 Å². The third-order valence-corrected chi connectivity index (χ3v) is 4.25. The summed E-state index contributed by atoms with van der Waals surface area (Å²) in [4.78, 5) is 16.1. The average molecular weight is 344 g/mol. The minimum absolute atomic E-state index is 0.0416. The molecule has 0 saturated carbocycles. The summed E-state index contributed by atoms with van der Waals surface area (Å²) < 4.78 is 24.6. The number of piperazine rings is 1. The number of methoxy groups -OCH3 is 1. The molecule has 1 saturated heterocycles. The van der Waals surface area contributed by atoms with Gasteiger partial charge < -0.3 is 19.3 Å². The molecule has 2 aromatic rings. The lowest BCUT2D eigenvalue weighted by Crippen LogP contribution is -2.50. The van der Waals surface area contributed by atoms with Crippen LogP contribution in [0, 0.1) is 5.82 Å². The number of nitrogens with zero attached hydrogens (tertiary/aromatic N) is 2. The van der Waals surface area contributed by atoms with Crippen molar-refractivity contribution < 1.29 is 18.7 Å². The molecule has 1 aliphatic rings. The summed E-state index contributed by atoms with van der Waals surface area (Å²) in [5.41, 5.74) is 0.583. The molecule has 0 aliphatic carbocycles. The first kappa shape index (κ1) is 17.1. The zero-order chi connectivity index (χ0) is 17.6. The van der Waals surface area contributed by atoms with Gasteiger partial charge in [0.05, 0.1) is 12.8 Å². The van der Waals surface area contributed by atoms with Crippen molar-refractivity contribution in [3.05, 3.63) is 54.3 Å². The van der Waals surface area contributed by atoms with E-state index in [0.29, 0.717) is 43.4 Å².